The van der Waals surface area contributed by atoms with Gasteiger partial charge in [0.2, 0.25) is 16.8 Å². The van der Waals surface area contributed by atoms with E-state index in [9.17, 15) is 13.2 Å². The number of ether oxygens (including phenoxy) is 2. The Kier molecular flexibility index (Phi) is 5.49. The predicted molar refractivity (Wildman–Crippen MR) is 130 cm³/mol. The van der Waals surface area contributed by atoms with Crippen molar-refractivity contribution >= 4 is 15.8 Å². The molecule has 0 bridgehead atoms. The van der Waals surface area contributed by atoms with E-state index >= 15 is 0 Å². The minimum absolute atomic E-state index is 0.190. The van der Waals surface area contributed by atoms with Crippen molar-refractivity contribution in [3.63, 3.8) is 0 Å². The zero-order chi connectivity index (χ0) is 24.1. The molecule has 2 aliphatic rings. The number of hydrogen-bond donors (Lipinski definition) is 0. The second kappa shape index (κ2) is 8.25. The van der Waals surface area contributed by atoms with Crippen LogP contribution in [0.25, 0.3) is 11.1 Å². The maximum atomic E-state index is 13.5. The van der Waals surface area contributed by atoms with Gasteiger partial charge in [0, 0.05) is 20.5 Å². The highest BCUT2D eigenvalue weighted by molar-refractivity contribution is 7.89. The lowest BCUT2D eigenvalue weighted by atomic mass is 9.86. The molecule has 1 fully saturated rings. The summed E-state index contributed by atoms with van der Waals surface area (Å²) < 4.78 is 37.3. The molecule has 0 N–H and O–H groups in total. The fourth-order valence-electron chi connectivity index (χ4n) is 4.61. The molecule has 0 aromatic heterocycles. The minimum atomic E-state index is -3.54. The number of hydrogen-bond acceptors (Lipinski definition) is 5. The first kappa shape index (κ1) is 22.6. The van der Waals surface area contributed by atoms with Crippen LogP contribution in [-0.2, 0) is 26.7 Å². The topological polar surface area (TPSA) is 72.9 Å². The van der Waals surface area contributed by atoms with Crippen molar-refractivity contribution in [1.29, 1.82) is 0 Å². The Morgan fingerprint density at radius 3 is 2.44 bits per heavy atom. The Hall–Kier alpha value is -3.16. The van der Waals surface area contributed by atoms with Gasteiger partial charge in [-0.15, -0.1) is 0 Å². The molecule has 3 aromatic rings. The van der Waals surface area contributed by atoms with E-state index in [1.54, 1.807) is 18.2 Å². The van der Waals surface area contributed by atoms with Gasteiger partial charge in [0.1, 0.15) is 5.78 Å². The monoisotopic (exact) mass is 477 g/mol. The molecule has 3 aromatic carbocycles. The van der Waals surface area contributed by atoms with E-state index in [4.69, 9.17) is 9.47 Å². The molecule has 0 unspecified atom stereocenters. The Labute approximate surface area is 200 Å². The van der Waals surface area contributed by atoms with Gasteiger partial charge >= 0.3 is 0 Å². The van der Waals surface area contributed by atoms with Gasteiger partial charge in [-0.3, -0.25) is 4.79 Å². The van der Waals surface area contributed by atoms with Gasteiger partial charge in [-0.1, -0.05) is 36.4 Å². The SMILES string of the molecule is Cc1c(CC(=O)C2(c3ccc4c(c3)OCO4)CC2)cccc1-c1cccc(S(=O)(=O)N(C)C)c1. The summed E-state index contributed by atoms with van der Waals surface area (Å²) in [5.74, 6) is 1.60. The van der Waals surface area contributed by atoms with Gasteiger partial charge in [-0.2, -0.15) is 0 Å². The molecule has 0 atom stereocenters. The van der Waals surface area contributed by atoms with Crippen LogP contribution in [0.3, 0.4) is 0 Å². The highest BCUT2D eigenvalue weighted by Crippen LogP contribution is 2.51. The first-order chi connectivity index (χ1) is 16.2. The third-order valence-electron chi connectivity index (χ3n) is 6.93. The molecule has 1 saturated carbocycles. The van der Waals surface area contributed by atoms with Crippen molar-refractivity contribution in [2.75, 3.05) is 20.9 Å². The normalized spacial score (nSPS) is 16.0. The molecule has 6 nitrogen and oxygen atoms in total. The quantitative estimate of drug-likeness (QED) is 0.502. The Morgan fingerprint density at radius 2 is 1.71 bits per heavy atom. The molecule has 0 amide bonds. The van der Waals surface area contributed by atoms with Crippen molar-refractivity contribution < 1.29 is 22.7 Å². The van der Waals surface area contributed by atoms with Crippen molar-refractivity contribution in [3.8, 4) is 22.6 Å². The maximum Gasteiger partial charge on any atom is 0.242 e. The summed E-state index contributed by atoms with van der Waals surface area (Å²) >= 11 is 0. The van der Waals surface area contributed by atoms with Gasteiger partial charge in [0.15, 0.2) is 11.5 Å². The summed E-state index contributed by atoms with van der Waals surface area (Å²) in [6.45, 7) is 2.20. The number of benzene rings is 3. The third kappa shape index (κ3) is 3.79. The Balaban J connectivity index is 1.43. The van der Waals surface area contributed by atoms with E-state index < -0.39 is 15.4 Å². The highest BCUT2D eigenvalue weighted by Gasteiger charge is 2.50. The van der Waals surface area contributed by atoms with Crippen molar-refractivity contribution in [2.45, 2.75) is 36.5 Å². The molecular weight excluding hydrogens is 450 g/mol. The van der Waals surface area contributed by atoms with Crippen LogP contribution in [0.2, 0.25) is 0 Å². The largest absolute Gasteiger partial charge is 0.454 e. The lowest BCUT2D eigenvalue weighted by molar-refractivity contribution is -0.120. The van der Waals surface area contributed by atoms with Gasteiger partial charge in [0.25, 0.3) is 0 Å². The van der Waals surface area contributed by atoms with E-state index in [1.165, 1.54) is 18.4 Å². The minimum Gasteiger partial charge on any atom is -0.454 e. The van der Waals surface area contributed by atoms with Gasteiger partial charge in [-0.25, -0.2) is 12.7 Å². The molecule has 34 heavy (non-hydrogen) atoms. The third-order valence-corrected chi connectivity index (χ3v) is 8.74. The number of ketones is 1. The van der Waals surface area contributed by atoms with Crippen molar-refractivity contribution in [2.24, 2.45) is 0 Å². The average molecular weight is 478 g/mol. The first-order valence-corrected chi connectivity index (χ1v) is 12.7. The second-order valence-corrected chi connectivity index (χ2v) is 11.3. The second-order valence-electron chi connectivity index (χ2n) is 9.16. The molecule has 0 radical (unpaired) electrons. The zero-order valence-electron chi connectivity index (χ0n) is 19.5. The van der Waals surface area contributed by atoms with Crippen LogP contribution < -0.4 is 9.47 Å². The number of carbonyl (C=O) groups is 1. The van der Waals surface area contributed by atoms with Crippen molar-refractivity contribution in [3.05, 3.63) is 77.4 Å². The van der Waals surface area contributed by atoms with Crippen LogP contribution >= 0.6 is 0 Å². The predicted octanol–water partition coefficient (Wildman–Crippen LogP) is 4.48. The summed E-state index contributed by atoms with van der Waals surface area (Å²) in [5, 5.41) is 0. The average Bonchev–Trinajstić information content (AvgIpc) is 3.51. The number of Topliss-reactive ketones (excluding diaryl/α,β-unsaturated/α-hetero) is 1. The fourth-order valence-corrected chi connectivity index (χ4v) is 5.56. The van der Waals surface area contributed by atoms with E-state index in [1.807, 2.05) is 49.4 Å². The van der Waals surface area contributed by atoms with Crippen LogP contribution in [0.5, 0.6) is 11.5 Å². The van der Waals surface area contributed by atoms with Crippen LogP contribution in [0.15, 0.2) is 65.6 Å². The van der Waals surface area contributed by atoms with Crippen LogP contribution in [0.4, 0.5) is 0 Å². The molecule has 7 heteroatoms. The highest BCUT2D eigenvalue weighted by atomic mass is 32.2. The summed E-state index contributed by atoms with van der Waals surface area (Å²) in [5.41, 5.74) is 4.19. The van der Waals surface area contributed by atoms with Gasteiger partial charge in [-0.05, 0) is 71.8 Å². The van der Waals surface area contributed by atoms with E-state index in [0.717, 1.165) is 40.7 Å². The Bertz CT molecular complexity index is 1390. The molecule has 0 saturated heterocycles. The molecule has 176 valence electrons. The number of nitrogens with zero attached hydrogens (tertiary/aromatic N) is 1. The summed E-state index contributed by atoms with van der Waals surface area (Å²) in [4.78, 5) is 13.7. The van der Waals surface area contributed by atoms with E-state index in [-0.39, 0.29) is 17.5 Å². The maximum absolute atomic E-state index is 13.5. The van der Waals surface area contributed by atoms with Crippen LogP contribution in [0.1, 0.15) is 29.5 Å². The molecule has 1 aliphatic carbocycles. The lowest BCUT2D eigenvalue weighted by Gasteiger charge is -2.18. The first-order valence-electron chi connectivity index (χ1n) is 11.3. The van der Waals surface area contributed by atoms with Gasteiger partial charge in [0.05, 0.1) is 10.3 Å². The summed E-state index contributed by atoms with van der Waals surface area (Å²) in [7, 11) is -0.493. The summed E-state index contributed by atoms with van der Waals surface area (Å²) in [6, 6.07) is 18.6. The van der Waals surface area contributed by atoms with E-state index in [2.05, 4.69) is 0 Å². The van der Waals surface area contributed by atoms with Gasteiger partial charge < -0.3 is 9.47 Å². The number of sulfonamides is 1. The standard InChI is InChI=1S/C27H27NO5S/c1-18-19(6-5-9-23(18)20-7-4-8-22(14-20)34(30,31)28(2)3)15-26(29)27(12-13-27)21-10-11-24-25(16-21)33-17-32-24/h4-11,14,16H,12-13,15,17H2,1-3H3. The molecule has 5 rings (SSSR count). The molecule has 1 aliphatic heterocycles. The van der Waals surface area contributed by atoms with Crippen LogP contribution in [-0.4, -0.2) is 39.4 Å². The van der Waals surface area contributed by atoms with Crippen molar-refractivity contribution in [1.82, 2.24) is 4.31 Å². The smallest absolute Gasteiger partial charge is 0.242 e. The fraction of sp³-hybridized carbons (Fsp3) is 0.296. The number of rotatable bonds is 7. The Morgan fingerprint density at radius 1 is 0.971 bits per heavy atom. The van der Waals surface area contributed by atoms with E-state index in [0.29, 0.717) is 17.9 Å². The molecular formula is C27H27NO5S. The number of carbonyl (C=O) groups excluding carboxylic acids is 1. The molecule has 1 heterocycles. The molecule has 0 spiro atoms. The zero-order valence-corrected chi connectivity index (χ0v) is 20.3. The summed E-state index contributed by atoms with van der Waals surface area (Å²) in [6.07, 6.45) is 1.98. The van der Waals surface area contributed by atoms with Crippen LogP contribution in [0, 0.1) is 6.92 Å². The lowest BCUT2D eigenvalue weighted by Crippen LogP contribution is -2.23. The number of fused-ring (bicyclic) bond motifs is 1.